The van der Waals surface area contributed by atoms with Crippen molar-refractivity contribution in [2.45, 2.75) is 17.4 Å². The summed E-state index contributed by atoms with van der Waals surface area (Å²) in [5, 5.41) is 0.553. The van der Waals surface area contributed by atoms with E-state index in [1.807, 2.05) is 12.1 Å². The molecule has 0 fully saturated rings. The van der Waals surface area contributed by atoms with Crippen LogP contribution in [0.25, 0.3) is 0 Å². The fourth-order valence-electron chi connectivity index (χ4n) is 2.02. The van der Waals surface area contributed by atoms with Crippen LogP contribution in [0.5, 0.6) is 0 Å². The summed E-state index contributed by atoms with van der Waals surface area (Å²) >= 11 is 6.09. The largest absolute Gasteiger partial charge is 0.271 e. The van der Waals surface area contributed by atoms with E-state index in [0.717, 1.165) is 11.1 Å². The fraction of sp³-hybridized carbons (Fsp3) is 0.214. The third-order valence-corrected chi connectivity index (χ3v) is 4.62. The minimum absolute atomic E-state index is 0.244. The Morgan fingerprint density at radius 2 is 2.14 bits per heavy atom. The molecular weight excluding hydrogens is 310 g/mol. The second kappa shape index (κ2) is 6.53. The number of hydrazine groups is 1. The molecule has 0 saturated carbocycles. The van der Waals surface area contributed by atoms with Crippen LogP contribution in [0, 0.1) is 0 Å². The highest BCUT2D eigenvalue weighted by atomic mass is 35.5. The summed E-state index contributed by atoms with van der Waals surface area (Å²) < 4.78 is 23.3. The van der Waals surface area contributed by atoms with E-state index < -0.39 is 9.84 Å². The first-order chi connectivity index (χ1) is 9.91. The monoisotopic (exact) mass is 325 g/mol. The van der Waals surface area contributed by atoms with Gasteiger partial charge in [0, 0.05) is 18.6 Å². The van der Waals surface area contributed by atoms with Gasteiger partial charge in [0.15, 0.2) is 9.84 Å². The Kier molecular flexibility index (Phi) is 4.95. The van der Waals surface area contributed by atoms with Gasteiger partial charge in [-0.3, -0.25) is 16.3 Å². The van der Waals surface area contributed by atoms with E-state index in [4.69, 9.17) is 17.4 Å². The van der Waals surface area contributed by atoms with Crippen LogP contribution in [-0.2, 0) is 16.3 Å². The summed E-state index contributed by atoms with van der Waals surface area (Å²) in [6.07, 6.45) is 4.93. The predicted molar refractivity (Wildman–Crippen MR) is 82.6 cm³/mol. The summed E-state index contributed by atoms with van der Waals surface area (Å²) in [7, 11) is -3.25. The van der Waals surface area contributed by atoms with Gasteiger partial charge in [-0.1, -0.05) is 23.7 Å². The lowest BCUT2D eigenvalue weighted by Crippen LogP contribution is -2.29. The van der Waals surface area contributed by atoms with E-state index >= 15 is 0 Å². The first kappa shape index (κ1) is 15.9. The second-order valence-electron chi connectivity index (χ2n) is 4.74. The van der Waals surface area contributed by atoms with Crippen LogP contribution in [0.2, 0.25) is 5.02 Å². The normalized spacial score (nSPS) is 13.1. The number of hydrogen-bond acceptors (Lipinski definition) is 5. The SMILES string of the molecule is CS(=O)(=O)c1cccc(C(Cc2ccncc2Cl)NN)c1. The first-order valence-corrected chi connectivity index (χ1v) is 8.53. The molecule has 5 nitrogen and oxygen atoms in total. The van der Waals surface area contributed by atoms with Crippen LogP contribution < -0.4 is 11.3 Å². The number of rotatable bonds is 5. The van der Waals surface area contributed by atoms with Crippen LogP contribution in [0.3, 0.4) is 0 Å². The molecule has 0 aliphatic heterocycles. The van der Waals surface area contributed by atoms with Gasteiger partial charge in [0.1, 0.15) is 0 Å². The molecule has 1 unspecified atom stereocenters. The molecule has 2 rings (SSSR count). The molecule has 1 atom stereocenters. The van der Waals surface area contributed by atoms with Crippen molar-refractivity contribution in [1.29, 1.82) is 0 Å². The molecule has 1 aromatic carbocycles. The van der Waals surface area contributed by atoms with Gasteiger partial charge in [0.05, 0.1) is 16.0 Å². The van der Waals surface area contributed by atoms with E-state index in [0.29, 0.717) is 11.4 Å². The molecule has 2 aromatic rings. The van der Waals surface area contributed by atoms with Crippen molar-refractivity contribution < 1.29 is 8.42 Å². The molecule has 0 bridgehead atoms. The molecule has 112 valence electrons. The Labute approximate surface area is 129 Å². The van der Waals surface area contributed by atoms with E-state index in [-0.39, 0.29) is 10.9 Å². The molecule has 21 heavy (non-hydrogen) atoms. The van der Waals surface area contributed by atoms with Gasteiger partial charge < -0.3 is 0 Å². The second-order valence-corrected chi connectivity index (χ2v) is 7.16. The van der Waals surface area contributed by atoms with Crippen LogP contribution >= 0.6 is 11.6 Å². The minimum atomic E-state index is -3.25. The zero-order valence-corrected chi connectivity index (χ0v) is 13.0. The number of benzene rings is 1. The zero-order chi connectivity index (χ0) is 15.5. The summed E-state index contributed by atoms with van der Waals surface area (Å²) in [6.45, 7) is 0. The Morgan fingerprint density at radius 1 is 1.38 bits per heavy atom. The van der Waals surface area contributed by atoms with Crippen LogP contribution in [0.15, 0.2) is 47.6 Å². The average molecular weight is 326 g/mol. The summed E-state index contributed by atoms with van der Waals surface area (Å²) in [5.41, 5.74) is 4.37. The average Bonchev–Trinajstić information content (AvgIpc) is 2.46. The smallest absolute Gasteiger partial charge is 0.175 e. The number of nitrogens with one attached hydrogen (secondary N) is 1. The van der Waals surface area contributed by atoms with Crippen molar-refractivity contribution in [3.63, 3.8) is 0 Å². The molecule has 0 saturated heterocycles. The quantitative estimate of drug-likeness (QED) is 0.647. The Hall–Kier alpha value is -1.47. The molecule has 1 heterocycles. The third kappa shape index (κ3) is 4.01. The molecule has 0 spiro atoms. The Balaban J connectivity index is 2.32. The summed E-state index contributed by atoms with van der Waals surface area (Å²) in [4.78, 5) is 4.20. The van der Waals surface area contributed by atoms with Gasteiger partial charge in [-0.15, -0.1) is 0 Å². The highest BCUT2D eigenvalue weighted by Crippen LogP contribution is 2.24. The number of sulfone groups is 1. The van der Waals surface area contributed by atoms with Crippen molar-refractivity contribution >= 4 is 21.4 Å². The summed E-state index contributed by atoms with van der Waals surface area (Å²) in [6, 6.07) is 8.28. The van der Waals surface area contributed by atoms with Crippen molar-refractivity contribution in [2.75, 3.05) is 6.26 Å². The third-order valence-electron chi connectivity index (χ3n) is 3.17. The van der Waals surface area contributed by atoms with Crippen molar-refractivity contribution in [3.05, 3.63) is 58.9 Å². The van der Waals surface area contributed by atoms with Gasteiger partial charge in [-0.05, 0) is 35.7 Å². The fourth-order valence-corrected chi connectivity index (χ4v) is 2.90. The number of pyridine rings is 1. The number of nitrogens with two attached hydrogens (primary N) is 1. The van der Waals surface area contributed by atoms with Gasteiger partial charge >= 0.3 is 0 Å². The Morgan fingerprint density at radius 3 is 2.76 bits per heavy atom. The van der Waals surface area contributed by atoms with Crippen molar-refractivity contribution in [3.8, 4) is 0 Å². The first-order valence-electron chi connectivity index (χ1n) is 6.26. The van der Waals surface area contributed by atoms with E-state index in [2.05, 4.69) is 10.4 Å². The molecule has 0 amide bonds. The van der Waals surface area contributed by atoms with Gasteiger partial charge in [-0.25, -0.2) is 8.42 Å². The highest BCUT2D eigenvalue weighted by molar-refractivity contribution is 7.90. The zero-order valence-electron chi connectivity index (χ0n) is 11.5. The molecule has 0 aliphatic carbocycles. The maximum atomic E-state index is 11.6. The molecular formula is C14H16ClN3O2S. The lowest BCUT2D eigenvalue weighted by molar-refractivity contribution is 0.550. The van der Waals surface area contributed by atoms with E-state index in [1.54, 1.807) is 30.6 Å². The number of aromatic nitrogens is 1. The summed E-state index contributed by atoms with van der Waals surface area (Å²) in [5.74, 6) is 5.60. The minimum Gasteiger partial charge on any atom is -0.271 e. The molecule has 0 radical (unpaired) electrons. The van der Waals surface area contributed by atoms with Crippen LogP contribution in [0.1, 0.15) is 17.2 Å². The van der Waals surface area contributed by atoms with Gasteiger partial charge in [0.25, 0.3) is 0 Å². The number of nitrogens with zero attached hydrogens (tertiary/aromatic N) is 1. The maximum Gasteiger partial charge on any atom is 0.175 e. The van der Waals surface area contributed by atoms with Crippen molar-refractivity contribution in [2.24, 2.45) is 5.84 Å². The van der Waals surface area contributed by atoms with Crippen molar-refractivity contribution in [1.82, 2.24) is 10.4 Å². The molecule has 7 heteroatoms. The number of hydrogen-bond donors (Lipinski definition) is 2. The van der Waals surface area contributed by atoms with Crippen LogP contribution in [0.4, 0.5) is 0 Å². The molecule has 3 N–H and O–H groups in total. The lowest BCUT2D eigenvalue weighted by atomic mass is 10.00. The molecule has 1 aromatic heterocycles. The predicted octanol–water partition coefficient (Wildman–Crippen LogP) is 1.89. The standard InChI is InChI=1S/C14H16ClN3O2S/c1-21(19,20)12-4-2-3-11(7-12)14(18-16)8-10-5-6-17-9-13(10)15/h2-7,9,14,18H,8,16H2,1H3. The lowest BCUT2D eigenvalue weighted by Gasteiger charge is -2.17. The Bertz CT molecular complexity index is 735. The van der Waals surface area contributed by atoms with Gasteiger partial charge in [-0.2, -0.15) is 0 Å². The van der Waals surface area contributed by atoms with E-state index in [9.17, 15) is 8.42 Å². The van der Waals surface area contributed by atoms with E-state index in [1.165, 1.54) is 6.26 Å². The van der Waals surface area contributed by atoms with Gasteiger partial charge in [0.2, 0.25) is 0 Å². The molecule has 0 aliphatic rings. The highest BCUT2D eigenvalue weighted by Gasteiger charge is 2.15. The van der Waals surface area contributed by atoms with Crippen LogP contribution in [-0.4, -0.2) is 19.7 Å². The topological polar surface area (TPSA) is 85.1 Å². The number of halogens is 1. The maximum absolute atomic E-state index is 11.6.